The van der Waals surface area contributed by atoms with E-state index in [-0.39, 0.29) is 6.42 Å². The van der Waals surface area contributed by atoms with Gasteiger partial charge in [-0.1, -0.05) is 13.0 Å². The van der Waals surface area contributed by atoms with E-state index < -0.39 is 27.8 Å². The molecule has 1 amide bonds. The highest BCUT2D eigenvalue weighted by atomic mass is 32.2. The number of anilines is 2. The molecule has 0 aromatic heterocycles. The van der Waals surface area contributed by atoms with Crippen LogP contribution in [0.15, 0.2) is 42.5 Å². The third kappa shape index (κ3) is 4.60. The van der Waals surface area contributed by atoms with Gasteiger partial charge in [-0.15, -0.1) is 0 Å². The zero-order chi connectivity index (χ0) is 19.5. The summed E-state index contributed by atoms with van der Waals surface area (Å²) in [5.74, 6) is -0.884. The van der Waals surface area contributed by atoms with Gasteiger partial charge in [-0.25, -0.2) is 12.8 Å². The fraction of sp³-hybridized carbons (Fsp3) is 0.316. The van der Waals surface area contributed by atoms with Crippen LogP contribution >= 0.6 is 0 Å². The van der Waals surface area contributed by atoms with Gasteiger partial charge in [0.2, 0.25) is 15.9 Å². The molecule has 2 aromatic carbocycles. The number of halogens is 1. The van der Waals surface area contributed by atoms with Crippen LogP contribution in [0, 0.1) is 19.7 Å². The number of sulfonamides is 1. The van der Waals surface area contributed by atoms with Crippen LogP contribution in [0.2, 0.25) is 0 Å². The van der Waals surface area contributed by atoms with Crippen LogP contribution in [0.4, 0.5) is 15.8 Å². The molecule has 140 valence electrons. The molecule has 7 heteroatoms. The Hall–Kier alpha value is -2.41. The third-order valence-electron chi connectivity index (χ3n) is 4.19. The van der Waals surface area contributed by atoms with Crippen LogP contribution in [0.1, 0.15) is 24.5 Å². The monoisotopic (exact) mass is 378 g/mol. The van der Waals surface area contributed by atoms with E-state index in [1.54, 1.807) is 19.1 Å². The van der Waals surface area contributed by atoms with Crippen molar-refractivity contribution < 1.29 is 17.6 Å². The smallest absolute Gasteiger partial charge is 0.248 e. The largest absolute Gasteiger partial charge is 0.324 e. The molecule has 0 fully saturated rings. The van der Waals surface area contributed by atoms with Crippen molar-refractivity contribution in [3.8, 4) is 0 Å². The summed E-state index contributed by atoms with van der Waals surface area (Å²) >= 11 is 0. The molecule has 1 N–H and O–H groups in total. The molecular formula is C19H23FN2O3S. The molecular weight excluding hydrogens is 355 g/mol. The zero-order valence-electron chi connectivity index (χ0n) is 15.3. The lowest BCUT2D eigenvalue weighted by molar-refractivity contribution is -0.117. The number of nitrogens with one attached hydrogen (secondary N) is 1. The maximum atomic E-state index is 13.0. The minimum Gasteiger partial charge on any atom is -0.324 e. The number of nitrogens with zero attached hydrogens (tertiary/aromatic N) is 1. The molecule has 0 unspecified atom stereocenters. The summed E-state index contributed by atoms with van der Waals surface area (Å²) in [6.07, 6.45) is 1.36. The number of benzene rings is 2. The maximum Gasteiger partial charge on any atom is 0.248 e. The average molecular weight is 378 g/mol. The lowest BCUT2D eigenvalue weighted by Crippen LogP contribution is -2.47. The number of hydrogen-bond acceptors (Lipinski definition) is 3. The highest BCUT2D eigenvalue weighted by Crippen LogP contribution is 2.25. The van der Waals surface area contributed by atoms with Gasteiger partial charge in [0.05, 0.1) is 11.9 Å². The second kappa shape index (κ2) is 7.86. The van der Waals surface area contributed by atoms with Crippen LogP contribution in [0.25, 0.3) is 0 Å². The summed E-state index contributed by atoms with van der Waals surface area (Å²) in [7, 11) is -3.69. The Kier molecular flexibility index (Phi) is 6.02. The van der Waals surface area contributed by atoms with Gasteiger partial charge in [-0.3, -0.25) is 9.10 Å². The van der Waals surface area contributed by atoms with Gasteiger partial charge in [-0.05, 0) is 67.8 Å². The molecule has 1 atom stereocenters. The van der Waals surface area contributed by atoms with Crippen molar-refractivity contribution >= 4 is 27.3 Å². The molecule has 0 heterocycles. The first-order valence-electron chi connectivity index (χ1n) is 8.26. The number of rotatable bonds is 6. The van der Waals surface area contributed by atoms with E-state index in [0.29, 0.717) is 11.4 Å². The van der Waals surface area contributed by atoms with E-state index in [4.69, 9.17) is 0 Å². The Bertz CT molecular complexity index is 896. The summed E-state index contributed by atoms with van der Waals surface area (Å²) < 4.78 is 39.0. The lowest BCUT2D eigenvalue weighted by Gasteiger charge is -2.30. The minimum absolute atomic E-state index is 0.285. The number of hydrogen-bond donors (Lipinski definition) is 1. The van der Waals surface area contributed by atoms with E-state index >= 15 is 0 Å². The summed E-state index contributed by atoms with van der Waals surface area (Å²) in [5.41, 5.74) is 2.82. The van der Waals surface area contributed by atoms with Crippen molar-refractivity contribution in [2.75, 3.05) is 15.9 Å². The summed E-state index contributed by atoms with van der Waals surface area (Å²) in [4.78, 5) is 12.7. The average Bonchev–Trinajstić information content (AvgIpc) is 2.56. The third-order valence-corrected chi connectivity index (χ3v) is 5.37. The van der Waals surface area contributed by atoms with Crippen molar-refractivity contribution in [1.82, 2.24) is 0 Å². The first-order valence-corrected chi connectivity index (χ1v) is 10.1. The van der Waals surface area contributed by atoms with E-state index in [9.17, 15) is 17.6 Å². The molecule has 0 saturated heterocycles. The first kappa shape index (κ1) is 19.9. The molecule has 2 rings (SSSR count). The van der Waals surface area contributed by atoms with Gasteiger partial charge in [0.15, 0.2) is 0 Å². The number of carbonyl (C=O) groups is 1. The molecule has 0 radical (unpaired) electrons. The number of amides is 1. The molecule has 0 bridgehead atoms. The quantitative estimate of drug-likeness (QED) is 0.835. The van der Waals surface area contributed by atoms with Gasteiger partial charge in [0.1, 0.15) is 11.9 Å². The van der Waals surface area contributed by atoms with Gasteiger partial charge in [-0.2, -0.15) is 0 Å². The highest BCUT2D eigenvalue weighted by molar-refractivity contribution is 7.92. The van der Waals surface area contributed by atoms with E-state index in [0.717, 1.165) is 21.7 Å². The van der Waals surface area contributed by atoms with Gasteiger partial charge in [0.25, 0.3) is 0 Å². The number of aryl methyl sites for hydroxylation is 2. The van der Waals surface area contributed by atoms with Crippen LogP contribution < -0.4 is 9.62 Å². The normalized spacial score (nSPS) is 12.5. The highest BCUT2D eigenvalue weighted by Gasteiger charge is 2.31. The molecule has 0 spiro atoms. The Morgan fingerprint density at radius 3 is 2.23 bits per heavy atom. The summed E-state index contributed by atoms with van der Waals surface area (Å²) in [6, 6.07) is 9.68. The fourth-order valence-electron chi connectivity index (χ4n) is 2.68. The van der Waals surface area contributed by atoms with Crippen molar-refractivity contribution in [2.24, 2.45) is 0 Å². The second-order valence-corrected chi connectivity index (χ2v) is 8.11. The van der Waals surface area contributed by atoms with Crippen molar-refractivity contribution in [3.63, 3.8) is 0 Å². The molecule has 0 saturated carbocycles. The van der Waals surface area contributed by atoms with Gasteiger partial charge < -0.3 is 5.32 Å². The van der Waals surface area contributed by atoms with E-state index in [1.807, 2.05) is 19.9 Å². The predicted octanol–water partition coefficient (Wildman–Crippen LogP) is 3.63. The predicted molar refractivity (Wildman–Crippen MR) is 102 cm³/mol. The lowest BCUT2D eigenvalue weighted by atomic mass is 10.1. The topological polar surface area (TPSA) is 66.5 Å². The second-order valence-electron chi connectivity index (χ2n) is 6.25. The van der Waals surface area contributed by atoms with Gasteiger partial charge in [0, 0.05) is 5.69 Å². The van der Waals surface area contributed by atoms with Crippen molar-refractivity contribution in [2.45, 2.75) is 33.2 Å². The van der Waals surface area contributed by atoms with Crippen molar-refractivity contribution in [1.29, 1.82) is 0 Å². The van der Waals surface area contributed by atoms with Crippen LogP contribution in [0.5, 0.6) is 0 Å². The van der Waals surface area contributed by atoms with Crippen LogP contribution in [0.3, 0.4) is 0 Å². The number of carbonyl (C=O) groups excluding carboxylic acids is 1. The fourth-order valence-corrected chi connectivity index (χ4v) is 3.89. The molecule has 2 aromatic rings. The van der Waals surface area contributed by atoms with Crippen LogP contribution in [-0.4, -0.2) is 26.6 Å². The zero-order valence-corrected chi connectivity index (χ0v) is 16.1. The SMILES string of the molecule is CC[C@@H](C(=O)Nc1ccc(F)cc1)N(c1ccc(C)c(C)c1)S(C)(=O)=O. The Morgan fingerprint density at radius 2 is 1.73 bits per heavy atom. The van der Waals surface area contributed by atoms with Crippen molar-refractivity contribution in [3.05, 3.63) is 59.4 Å². The minimum atomic E-state index is -3.69. The molecule has 0 aliphatic heterocycles. The van der Waals surface area contributed by atoms with Crippen LogP contribution in [-0.2, 0) is 14.8 Å². The summed E-state index contributed by atoms with van der Waals surface area (Å²) in [6.45, 7) is 5.56. The maximum absolute atomic E-state index is 13.0. The Balaban J connectivity index is 2.39. The Labute approximate surface area is 153 Å². The van der Waals surface area contributed by atoms with E-state index in [2.05, 4.69) is 5.32 Å². The summed E-state index contributed by atoms with van der Waals surface area (Å²) in [5, 5.41) is 2.66. The molecule has 26 heavy (non-hydrogen) atoms. The molecule has 0 aliphatic carbocycles. The molecule has 0 aliphatic rings. The van der Waals surface area contributed by atoms with E-state index in [1.165, 1.54) is 24.3 Å². The van der Waals surface area contributed by atoms with Gasteiger partial charge >= 0.3 is 0 Å². The molecule has 5 nitrogen and oxygen atoms in total. The Morgan fingerprint density at radius 1 is 1.12 bits per heavy atom. The first-order chi connectivity index (χ1) is 12.1. The standard InChI is InChI=1S/C19H23FN2O3S/c1-5-18(19(23)21-16-9-7-15(20)8-10-16)22(26(4,24)25)17-11-6-13(2)14(3)12-17/h6-12,18H,5H2,1-4H3,(H,21,23)/t18-/m0/s1.